The Hall–Kier alpha value is -1.28. The predicted molar refractivity (Wildman–Crippen MR) is 101 cm³/mol. The van der Waals surface area contributed by atoms with E-state index in [1.165, 1.54) is 0 Å². The highest BCUT2D eigenvalue weighted by Crippen LogP contribution is 2.36. The SMILES string of the molecule is C#C/C=C(\C=C/C)c1cc(Br)cc(B2OC(C)(C)C(C)(C)O2)c1. The quantitative estimate of drug-likeness (QED) is 0.446. The van der Waals surface area contributed by atoms with E-state index in [1.807, 2.05) is 31.2 Å². The number of hydrogen-bond acceptors (Lipinski definition) is 2. The third-order valence-corrected chi connectivity index (χ3v) is 4.82. The van der Waals surface area contributed by atoms with Gasteiger partial charge < -0.3 is 9.31 Å². The van der Waals surface area contributed by atoms with Crippen molar-refractivity contribution in [1.29, 1.82) is 0 Å². The van der Waals surface area contributed by atoms with Crippen molar-refractivity contribution in [3.63, 3.8) is 0 Å². The number of benzene rings is 1. The summed E-state index contributed by atoms with van der Waals surface area (Å²) in [7, 11) is -0.394. The van der Waals surface area contributed by atoms with Crippen LogP contribution in [-0.2, 0) is 9.31 Å². The van der Waals surface area contributed by atoms with Gasteiger partial charge in [-0.15, -0.1) is 6.42 Å². The maximum atomic E-state index is 6.14. The molecule has 1 heterocycles. The fourth-order valence-electron chi connectivity index (χ4n) is 2.39. The second kappa shape index (κ2) is 6.69. The molecule has 0 N–H and O–H groups in total. The molecule has 1 aliphatic heterocycles. The second-order valence-corrected chi connectivity index (χ2v) is 7.54. The van der Waals surface area contributed by atoms with Crippen molar-refractivity contribution < 1.29 is 9.31 Å². The van der Waals surface area contributed by atoms with Crippen molar-refractivity contribution in [2.45, 2.75) is 45.8 Å². The molecule has 1 aliphatic rings. The van der Waals surface area contributed by atoms with E-state index in [1.54, 1.807) is 6.08 Å². The summed E-state index contributed by atoms with van der Waals surface area (Å²) in [5.41, 5.74) is 2.26. The lowest BCUT2D eigenvalue weighted by atomic mass is 9.78. The highest BCUT2D eigenvalue weighted by molar-refractivity contribution is 9.10. The summed E-state index contributed by atoms with van der Waals surface area (Å²) < 4.78 is 13.2. The summed E-state index contributed by atoms with van der Waals surface area (Å²) in [6.07, 6.45) is 11.2. The molecule has 120 valence electrons. The molecular formula is C19H22BBrO2. The van der Waals surface area contributed by atoms with Gasteiger partial charge in [0.05, 0.1) is 11.2 Å². The molecule has 0 spiro atoms. The maximum absolute atomic E-state index is 6.14. The lowest BCUT2D eigenvalue weighted by molar-refractivity contribution is 0.00578. The minimum absolute atomic E-state index is 0.360. The van der Waals surface area contributed by atoms with Gasteiger partial charge in [0, 0.05) is 4.47 Å². The molecule has 0 bridgehead atoms. The van der Waals surface area contributed by atoms with Crippen LogP contribution in [0.2, 0.25) is 0 Å². The average Bonchev–Trinajstić information content (AvgIpc) is 2.66. The Morgan fingerprint density at radius 3 is 2.30 bits per heavy atom. The zero-order chi connectivity index (χ0) is 17.3. The van der Waals surface area contributed by atoms with E-state index in [4.69, 9.17) is 15.7 Å². The van der Waals surface area contributed by atoms with Crippen LogP contribution in [0.15, 0.2) is 40.9 Å². The lowest BCUT2D eigenvalue weighted by Crippen LogP contribution is -2.41. The van der Waals surface area contributed by atoms with Crippen molar-refractivity contribution in [3.8, 4) is 12.3 Å². The molecule has 1 aromatic carbocycles. The van der Waals surface area contributed by atoms with Crippen LogP contribution in [0, 0.1) is 12.3 Å². The van der Waals surface area contributed by atoms with Gasteiger partial charge in [-0.2, -0.15) is 0 Å². The molecule has 4 heteroatoms. The highest BCUT2D eigenvalue weighted by atomic mass is 79.9. The summed E-state index contributed by atoms with van der Waals surface area (Å²) >= 11 is 3.57. The van der Waals surface area contributed by atoms with Crippen LogP contribution >= 0.6 is 15.9 Å². The predicted octanol–water partition coefficient (Wildman–Crippen LogP) is 4.34. The van der Waals surface area contributed by atoms with Crippen LogP contribution in [0.25, 0.3) is 5.57 Å². The van der Waals surface area contributed by atoms with Crippen molar-refractivity contribution >= 4 is 34.1 Å². The lowest BCUT2D eigenvalue weighted by Gasteiger charge is -2.32. The van der Waals surface area contributed by atoms with E-state index >= 15 is 0 Å². The Bertz CT molecular complexity index is 680. The third-order valence-electron chi connectivity index (χ3n) is 4.36. The number of rotatable bonds is 3. The molecule has 2 nitrogen and oxygen atoms in total. The van der Waals surface area contributed by atoms with Gasteiger partial charge in [-0.3, -0.25) is 0 Å². The average molecular weight is 373 g/mol. The molecule has 0 unspecified atom stereocenters. The van der Waals surface area contributed by atoms with Crippen molar-refractivity contribution in [2.24, 2.45) is 0 Å². The minimum Gasteiger partial charge on any atom is -0.399 e. The molecule has 1 fully saturated rings. The normalized spacial score (nSPS) is 20.0. The van der Waals surface area contributed by atoms with E-state index in [2.05, 4.69) is 55.6 Å². The van der Waals surface area contributed by atoms with E-state index in [-0.39, 0.29) is 11.2 Å². The molecule has 0 aliphatic carbocycles. The first-order chi connectivity index (χ1) is 10.7. The number of terminal acetylenes is 1. The van der Waals surface area contributed by atoms with Gasteiger partial charge in [0.25, 0.3) is 0 Å². The molecule has 2 rings (SSSR count). The van der Waals surface area contributed by atoms with Gasteiger partial charge in [0.2, 0.25) is 0 Å². The van der Waals surface area contributed by atoms with E-state index < -0.39 is 7.12 Å². The summed E-state index contributed by atoms with van der Waals surface area (Å²) in [5, 5.41) is 0. The third kappa shape index (κ3) is 3.80. The smallest absolute Gasteiger partial charge is 0.399 e. The van der Waals surface area contributed by atoms with Crippen LogP contribution in [0.5, 0.6) is 0 Å². The molecule has 1 aromatic rings. The monoisotopic (exact) mass is 372 g/mol. The van der Waals surface area contributed by atoms with Gasteiger partial charge in [-0.05, 0) is 69.4 Å². The number of allylic oxidation sites excluding steroid dienone is 4. The van der Waals surface area contributed by atoms with E-state index in [0.29, 0.717) is 0 Å². The van der Waals surface area contributed by atoms with Crippen LogP contribution in [-0.4, -0.2) is 18.3 Å². The van der Waals surface area contributed by atoms with E-state index in [0.717, 1.165) is 21.1 Å². The molecule has 1 saturated heterocycles. The zero-order valence-corrected chi connectivity index (χ0v) is 15.9. The van der Waals surface area contributed by atoms with Gasteiger partial charge in [-0.1, -0.05) is 40.1 Å². The molecular weight excluding hydrogens is 351 g/mol. The Kier molecular flexibility index (Phi) is 5.25. The van der Waals surface area contributed by atoms with Crippen molar-refractivity contribution in [2.75, 3.05) is 0 Å². The van der Waals surface area contributed by atoms with Crippen molar-refractivity contribution in [1.82, 2.24) is 0 Å². The Balaban J connectivity index is 2.43. The largest absolute Gasteiger partial charge is 0.494 e. The summed E-state index contributed by atoms with van der Waals surface area (Å²) in [6.45, 7) is 10.2. The maximum Gasteiger partial charge on any atom is 0.494 e. The van der Waals surface area contributed by atoms with Crippen molar-refractivity contribution in [3.05, 3.63) is 46.5 Å². The van der Waals surface area contributed by atoms with Crippen LogP contribution in [0.4, 0.5) is 0 Å². The first-order valence-electron chi connectivity index (χ1n) is 7.65. The Morgan fingerprint density at radius 1 is 1.17 bits per heavy atom. The molecule has 0 aromatic heterocycles. The highest BCUT2D eigenvalue weighted by Gasteiger charge is 2.51. The summed E-state index contributed by atoms with van der Waals surface area (Å²) in [5.74, 6) is 2.59. The summed E-state index contributed by atoms with van der Waals surface area (Å²) in [6, 6.07) is 6.13. The first-order valence-corrected chi connectivity index (χ1v) is 8.45. The molecule has 0 saturated carbocycles. The minimum atomic E-state index is -0.394. The fourth-order valence-corrected chi connectivity index (χ4v) is 2.90. The van der Waals surface area contributed by atoms with Gasteiger partial charge in [0.15, 0.2) is 0 Å². The zero-order valence-electron chi connectivity index (χ0n) is 14.3. The summed E-state index contributed by atoms with van der Waals surface area (Å²) in [4.78, 5) is 0. The number of hydrogen-bond donors (Lipinski definition) is 0. The molecule has 23 heavy (non-hydrogen) atoms. The number of halogens is 1. The fraction of sp³-hybridized carbons (Fsp3) is 0.368. The molecule has 0 amide bonds. The molecule has 0 atom stereocenters. The Labute approximate surface area is 148 Å². The van der Waals surface area contributed by atoms with Gasteiger partial charge >= 0.3 is 7.12 Å². The second-order valence-electron chi connectivity index (χ2n) is 6.63. The topological polar surface area (TPSA) is 18.5 Å². The van der Waals surface area contributed by atoms with Crippen LogP contribution < -0.4 is 5.46 Å². The molecule has 0 radical (unpaired) electrons. The standard InChI is InChI=1S/C19H22BBrO2/c1-7-9-14(10-8-2)15-11-16(13-17(21)12-15)20-22-18(3,4)19(5,6)23-20/h1,8-13H,2-6H3/b10-8-,14-9+. The van der Waals surface area contributed by atoms with Gasteiger partial charge in [-0.25, -0.2) is 0 Å². The Morgan fingerprint density at radius 2 is 1.78 bits per heavy atom. The van der Waals surface area contributed by atoms with E-state index in [9.17, 15) is 0 Å². The van der Waals surface area contributed by atoms with Crippen LogP contribution in [0.3, 0.4) is 0 Å². The first kappa shape index (κ1) is 18.1. The van der Waals surface area contributed by atoms with Gasteiger partial charge in [0.1, 0.15) is 0 Å². The van der Waals surface area contributed by atoms with Crippen LogP contribution in [0.1, 0.15) is 40.2 Å².